The summed E-state index contributed by atoms with van der Waals surface area (Å²) in [7, 11) is 1.65. The second-order valence-corrected chi connectivity index (χ2v) is 7.01. The average Bonchev–Trinajstić information content (AvgIpc) is 3.03. The highest BCUT2D eigenvalue weighted by Gasteiger charge is 2.35. The lowest BCUT2D eigenvalue weighted by Gasteiger charge is -2.27. The van der Waals surface area contributed by atoms with E-state index >= 15 is 0 Å². The fourth-order valence-corrected chi connectivity index (χ4v) is 3.16. The molecule has 2 aromatic rings. The van der Waals surface area contributed by atoms with E-state index in [-0.39, 0.29) is 23.2 Å². The summed E-state index contributed by atoms with van der Waals surface area (Å²) >= 11 is 0. The Morgan fingerprint density at radius 1 is 1.29 bits per heavy atom. The Balaban J connectivity index is 1.65. The summed E-state index contributed by atoms with van der Waals surface area (Å²) in [5.74, 6) is 0. The summed E-state index contributed by atoms with van der Waals surface area (Å²) in [5.41, 5.74) is 1.26. The van der Waals surface area contributed by atoms with Crippen LogP contribution in [0.3, 0.4) is 0 Å². The number of aryl methyl sites for hydroxylation is 1. The van der Waals surface area contributed by atoms with Crippen LogP contribution in [0.5, 0.6) is 0 Å². The molecule has 1 aliphatic rings. The Morgan fingerprint density at radius 3 is 2.54 bits per heavy atom. The predicted octanol–water partition coefficient (Wildman–Crippen LogP) is 2.27. The highest BCUT2D eigenvalue weighted by Crippen LogP contribution is 2.37. The van der Waals surface area contributed by atoms with Crippen molar-refractivity contribution in [3.05, 3.63) is 41.1 Å². The summed E-state index contributed by atoms with van der Waals surface area (Å²) in [6.07, 6.45) is 4.75. The summed E-state index contributed by atoms with van der Waals surface area (Å²) in [6, 6.07) is 7.03. The van der Waals surface area contributed by atoms with Gasteiger partial charge in [0.1, 0.15) is 6.33 Å². The Hall–Kier alpha value is -2.57. The molecule has 1 saturated carbocycles. The summed E-state index contributed by atoms with van der Waals surface area (Å²) in [6.45, 7) is 4.37. The number of carbonyl (C=O) groups is 1. The van der Waals surface area contributed by atoms with Gasteiger partial charge in [-0.3, -0.25) is 4.57 Å². The molecule has 1 aliphatic carbocycles. The monoisotopic (exact) mass is 329 g/mol. The van der Waals surface area contributed by atoms with Crippen molar-refractivity contribution in [3.63, 3.8) is 0 Å². The molecule has 1 aromatic carbocycles. The number of nitrogens with zero attached hydrogens (tertiary/aromatic N) is 3. The molecule has 3 rings (SSSR count). The molecule has 7 heteroatoms. The van der Waals surface area contributed by atoms with E-state index in [0.717, 1.165) is 19.3 Å². The van der Waals surface area contributed by atoms with Crippen LogP contribution in [0, 0.1) is 5.41 Å². The van der Waals surface area contributed by atoms with Crippen LogP contribution in [-0.2, 0) is 7.05 Å². The SMILES string of the molecule is Cn1cnn(-c2ccc(NC(=O)N[C@H]3CCCC3(C)C)cc2)c1=O. The summed E-state index contributed by atoms with van der Waals surface area (Å²) in [5, 5.41) is 9.93. The van der Waals surface area contributed by atoms with Gasteiger partial charge < -0.3 is 10.6 Å². The smallest absolute Gasteiger partial charge is 0.335 e. The van der Waals surface area contributed by atoms with E-state index in [9.17, 15) is 9.59 Å². The van der Waals surface area contributed by atoms with Crippen molar-refractivity contribution in [2.24, 2.45) is 12.5 Å². The largest absolute Gasteiger partial charge is 0.350 e. The van der Waals surface area contributed by atoms with E-state index in [1.54, 1.807) is 31.3 Å². The Kier molecular flexibility index (Phi) is 4.17. The van der Waals surface area contributed by atoms with Gasteiger partial charge in [0.2, 0.25) is 0 Å². The van der Waals surface area contributed by atoms with E-state index in [1.807, 2.05) is 0 Å². The molecule has 128 valence electrons. The molecule has 0 saturated heterocycles. The molecule has 0 unspecified atom stereocenters. The number of hydrogen-bond acceptors (Lipinski definition) is 3. The second-order valence-electron chi connectivity index (χ2n) is 7.01. The van der Waals surface area contributed by atoms with Crippen molar-refractivity contribution < 1.29 is 4.79 Å². The van der Waals surface area contributed by atoms with Gasteiger partial charge in [-0.05, 0) is 42.5 Å². The highest BCUT2D eigenvalue weighted by atomic mass is 16.2. The number of nitrogens with one attached hydrogen (secondary N) is 2. The molecule has 0 radical (unpaired) electrons. The Bertz CT molecular complexity index is 788. The zero-order valence-electron chi connectivity index (χ0n) is 14.2. The highest BCUT2D eigenvalue weighted by molar-refractivity contribution is 5.89. The number of amides is 2. The van der Waals surface area contributed by atoms with Gasteiger partial charge in [-0.1, -0.05) is 20.3 Å². The van der Waals surface area contributed by atoms with Crippen molar-refractivity contribution in [1.29, 1.82) is 0 Å². The Labute approximate surface area is 140 Å². The van der Waals surface area contributed by atoms with Gasteiger partial charge in [-0.25, -0.2) is 9.59 Å². The molecule has 2 N–H and O–H groups in total. The first-order chi connectivity index (χ1) is 11.4. The van der Waals surface area contributed by atoms with E-state index in [4.69, 9.17) is 0 Å². The molecule has 1 aromatic heterocycles. The third-order valence-electron chi connectivity index (χ3n) is 4.76. The predicted molar refractivity (Wildman–Crippen MR) is 92.4 cm³/mol. The fraction of sp³-hybridized carbons (Fsp3) is 0.471. The average molecular weight is 329 g/mol. The summed E-state index contributed by atoms with van der Waals surface area (Å²) in [4.78, 5) is 24.0. The number of anilines is 1. The van der Waals surface area contributed by atoms with Gasteiger partial charge in [0, 0.05) is 18.8 Å². The van der Waals surface area contributed by atoms with Crippen LogP contribution in [0.15, 0.2) is 35.4 Å². The first-order valence-electron chi connectivity index (χ1n) is 8.15. The number of urea groups is 1. The number of aromatic nitrogens is 3. The number of rotatable bonds is 3. The molecule has 0 aliphatic heterocycles. The lowest BCUT2D eigenvalue weighted by molar-refractivity contribution is 0.233. The standard InChI is InChI=1S/C17H23N5O2/c1-17(2)10-4-5-14(17)20-15(23)19-12-6-8-13(9-7-12)22-16(24)21(3)11-18-22/h6-9,11,14H,4-5,10H2,1-3H3,(H2,19,20,23)/t14-/m0/s1. The van der Waals surface area contributed by atoms with E-state index < -0.39 is 0 Å². The van der Waals surface area contributed by atoms with Crippen molar-refractivity contribution in [2.75, 3.05) is 5.32 Å². The van der Waals surface area contributed by atoms with Crippen LogP contribution in [-0.4, -0.2) is 26.4 Å². The molecule has 24 heavy (non-hydrogen) atoms. The maximum Gasteiger partial charge on any atom is 0.350 e. The van der Waals surface area contributed by atoms with E-state index in [2.05, 4.69) is 29.6 Å². The summed E-state index contributed by atoms with van der Waals surface area (Å²) < 4.78 is 2.72. The fourth-order valence-electron chi connectivity index (χ4n) is 3.16. The van der Waals surface area contributed by atoms with Crippen LogP contribution in [0.25, 0.3) is 5.69 Å². The quantitative estimate of drug-likeness (QED) is 0.906. The normalized spacial score (nSPS) is 19.2. The minimum Gasteiger partial charge on any atom is -0.335 e. The van der Waals surface area contributed by atoms with Gasteiger partial charge in [0.25, 0.3) is 0 Å². The van der Waals surface area contributed by atoms with Crippen molar-refractivity contribution >= 4 is 11.7 Å². The topological polar surface area (TPSA) is 81.0 Å². The van der Waals surface area contributed by atoms with Gasteiger partial charge in [0.15, 0.2) is 0 Å². The minimum absolute atomic E-state index is 0.140. The Morgan fingerprint density at radius 2 is 2.00 bits per heavy atom. The maximum atomic E-state index is 12.2. The molecule has 7 nitrogen and oxygen atoms in total. The maximum absolute atomic E-state index is 12.2. The lowest BCUT2D eigenvalue weighted by Crippen LogP contribution is -2.43. The van der Waals surface area contributed by atoms with Crippen molar-refractivity contribution in [1.82, 2.24) is 19.7 Å². The zero-order valence-corrected chi connectivity index (χ0v) is 14.2. The lowest BCUT2D eigenvalue weighted by atomic mass is 9.87. The van der Waals surface area contributed by atoms with Crippen LogP contribution < -0.4 is 16.3 Å². The van der Waals surface area contributed by atoms with Crippen LogP contribution in [0.1, 0.15) is 33.1 Å². The van der Waals surface area contributed by atoms with Crippen LogP contribution in [0.4, 0.5) is 10.5 Å². The molecule has 1 atom stereocenters. The third kappa shape index (κ3) is 3.20. The van der Waals surface area contributed by atoms with Gasteiger partial charge in [-0.15, -0.1) is 0 Å². The van der Waals surface area contributed by atoms with Gasteiger partial charge >= 0.3 is 11.7 Å². The first-order valence-corrected chi connectivity index (χ1v) is 8.15. The molecule has 1 fully saturated rings. The number of benzene rings is 1. The van der Waals surface area contributed by atoms with Crippen LogP contribution >= 0.6 is 0 Å². The van der Waals surface area contributed by atoms with Gasteiger partial charge in [0.05, 0.1) is 5.69 Å². The van der Waals surface area contributed by atoms with Crippen molar-refractivity contribution in [2.45, 2.75) is 39.2 Å². The number of carbonyl (C=O) groups excluding carboxylic acids is 1. The minimum atomic E-state index is -0.211. The molecule has 2 amide bonds. The molecular formula is C17H23N5O2. The first kappa shape index (κ1) is 16.3. The molecule has 0 bridgehead atoms. The van der Waals surface area contributed by atoms with Gasteiger partial charge in [-0.2, -0.15) is 9.78 Å². The van der Waals surface area contributed by atoms with Crippen LogP contribution in [0.2, 0.25) is 0 Å². The second kappa shape index (κ2) is 6.14. The van der Waals surface area contributed by atoms with E-state index in [0.29, 0.717) is 11.4 Å². The molecule has 1 heterocycles. The van der Waals surface area contributed by atoms with E-state index in [1.165, 1.54) is 15.6 Å². The van der Waals surface area contributed by atoms with Crippen molar-refractivity contribution in [3.8, 4) is 5.69 Å². The molecular weight excluding hydrogens is 306 g/mol. The molecule has 0 spiro atoms. The third-order valence-corrected chi connectivity index (χ3v) is 4.76. The number of hydrogen-bond donors (Lipinski definition) is 2. The zero-order chi connectivity index (χ0) is 17.3.